The van der Waals surface area contributed by atoms with Crippen molar-refractivity contribution in [2.45, 2.75) is 30.1 Å². The highest BCUT2D eigenvalue weighted by atomic mass is 32.2. The molecule has 1 N–H and O–H groups in total. The average molecular weight is 498 g/mol. The number of piperidine rings is 1. The summed E-state index contributed by atoms with van der Waals surface area (Å²) in [5.74, 6) is -2.58. The Hall–Kier alpha value is -2.67. The molecule has 5 nitrogen and oxygen atoms in total. The largest absolute Gasteiger partial charge is 0.416 e. The van der Waals surface area contributed by atoms with Crippen LogP contribution in [0.25, 0.3) is 0 Å². The summed E-state index contributed by atoms with van der Waals surface area (Å²) in [4.78, 5) is 12.4. The first-order valence-corrected chi connectivity index (χ1v) is 11.0. The van der Waals surface area contributed by atoms with Gasteiger partial charge in [-0.1, -0.05) is 0 Å². The van der Waals surface area contributed by atoms with Crippen molar-refractivity contribution in [3.63, 3.8) is 0 Å². The van der Waals surface area contributed by atoms with Crippen molar-refractivity contribution in [1.82, 2.24) is 4.31 Å². The number of benzene rings is 2. The molecule has 13 heteroatoms. The number of sulfonamides is 1. The quantitative estimate of drug-likeness (QED) is 0.610. The van der Waals surface area contributed by atoms with Gasteiger partial charge >= 0.3 is 12.4 Å². The smallest absolute Gasteiger partial charge is 0.326 e. The van der Waals surface area contributed by atoms with E-state index in [2.05, 4.69) is 0 Å². The lowest BCUT2D eigenvalue weighted by atomic mass is 9.98. The number of anilines is 1. The van der Waals surface area contributed by atoms with Gasteiger partial charge in [-0.15, -0.1) is 0 Å². The van der Waals surface area contributed by atoms with Gasteiger partial charge in [-0.05, 0) is 55.3 Å². The van der Waals surface area contributed by atoms with E-state index in [1.165, 1.54) is 0 Å². The topological polar surface area (TPSA) is 66.5 Å². The Kier molecular flexibility index (Phi) is 6.76. The van der Waals surface area contributed by atoms with Gasteiger partial charge in [0.25, 0.3) is 0 Å². The molecule has 0 unspecified atom stereocenters. The third kappa shape index (κ3) is 5.82. The number of alkyl halides is 6. The molecule has 180 valence electrons. The fourth-order valence-corrected chi connectivity index (χ4v) is 4.93. The van der Waals surface area contributed by atoms with Crippen molar-refractivity contribution in [2.24, 2.45) is 5.92 Å². The molecule has 0 saturated carbocycles. The molecular weight excluding hydrogens is 481 g/mol. The number of rotatable bonds is 4. The molecule has 1 heterocycles. The number of nitrogens with one attached hydrogen (secondary N) is 1. The van der Waals surface area contributed by atoms with Crippen LogP contribution < -0.4 is 5.32 Å². The zero-order chi connectivity index (χ0) is 24.6. The minimum atomic E-state index is -5.08. The maximum atomic E-state index is 13.1. The zero-order valence-corrected chi connectivity index (χ0v) is 17.5. The van der Waals surface area contributed by atoms with Crippen molar-refractivity contribution in [1.29, 1.82) is 0 Å². The molecule has 0 aromatic heterocycles. The number of carbonyl (C=O) groups excluding carboxylic acids is 1. The van der Waals surface area contributed by atoms with E-state index >= 15 is 0 Å². The van der Waals surface area contributed by atoms with Crippen LogP contribution in [-0.2, 0) is 27.2 Å². The van der Waals surface area contributed by atoms with Gasteiger partial charge in [0.05, 0.1) is 21.9 Å². The molecular formula is C20H17F7N2O3S. The van der Waals surface area contributed by atoms with E-state index in [-0.39, 0.29) is 36.9 Å². The fraction of sp³-hybridized carbons (Fsp3) is 0.350. The molecule has 1 aliphatic rings. The summed E-state index contributed by atoms with van der Waals surface area (Å²) in [7, 11) is -4.08. The Labute approximate surface area is 184 Å². The van der Waals surface area contributed by atoms with Crippen molar-refractivity contribution in [3.05, 3.63) is 59.4 Å². The van der Waals surface area contributed by atoms with Crippen LogP contribution in [0.15, 0.2) is 47.4 Å². The summed E-state index contributed by atoms with van der Waals surface area (Å²) in [6.07, 6.45) is -9.75. The monoisotopic (exact) mass is 498 g/mol. The Balaban J connectivity index is 1.81. The van der Waals surface area contributed by atoms with E-state index in [1.54, 1.807) is 0 Å². The van der Waals surface area contributed by atoms with E-state index in [1.807, 2.05) is 5.32 Å². The molecule has 33 heavy (non-hydrogen) atoms. The van der Waals surface area contributed by atoms with Gasteiger partial charge in [-0.3, -0.25) is 4.79 Å². The first kappa shape index (κ1) is 25.0. The minimum Gasteiger partial charge on any atom is -0.326 e. The van der Waals surface area contributed by atoms with Gasteiger partial charge in [-0.2, -0.15) is 30.6 Å². The van der Waals surface area contributed by atoms with Gasteiger partial charge in [-0.25, -0.2) is 12.8 Å². The summed E-state index contributed by atoms with van der Waals surface area (Å²) in [5, 5.41) is 2.05. The van der Waals surface area contributed by atoms with E-state index < -0.39 is 56.8 Å². The molecule has 3 rings (SSSR count). The van der Waals surface area contributed by atoms with Crippen molar-refractivity contribution < 1.29 is 43.9 Å². The van der Waals surface area contributed by atoms with Gasteiger partial charge in [0.1, 0.15) is 5.82 Å². The molecule has 0 radical (unpaired) electrons. The lowest BCUT2D eigenvalue weighted by molar-refractivity contribution is -0.143. The first-order chi connectivity index (χ1) is 15.2. The lowest BCUT2D eigenvalue weighted by Crippen LogP contribution is -2.43. The van der Waals surface area contributed by atoms with Crippen LogP contribution in [0.2, 0.25) is 0 Å². The highest BCUT2D eigenvalue weighted by Crippen LogP contribution is 2.37. The van der Waals surface area contributed by atoms with Crippen molar-refractivity contribution in [3.8, 4) is 0 Å². The predicted molar refractivity (Wildman–Crippen MR) is 103 cm³/mol. The van der Waals surface area contributed by atoms with Crippen LogP contribution in [0, 0.1) is 11.7 Å². The third-order valence-electron chi connectivity index (χ3n) is 5.06. The lowest BCUT2D eigenvalue weighted by Gasteiger charge is -2.31. The second kappa shape index (κ2) is 8.93. The third-order valence-corrected chi connectivity index (χ3v) is 6.94. The summed E-state index contributed by atoms with van der Waals surface area (Å²) >= 11 is 0. The van der Waals surface area contributed by atoms with Gasteiger partial charge in [0.15, 0.2) is 0 Å². The number of carbonyl (C=O) groups is 1. The Bertz CT molecular complexity index is 1100. The molecule has 2 aromatic carbocycles. The number of nitrogens with zero attached hydrogens (tertiary/aromatic N) is 1. The molecule has 1 amide bonds. The summed E-state index contributed by atoms with van der Waals surface area (Å²) in [5.41, 5.74) is -3.88. The summed E-state index contributed by atoms with van der Waals surface area (Å²) in [6, 6.07) is 4.70. The Morgan fingerprint density at radius 3 is 2.00 bits per heavy atom. The van der Waals surface area contributed by atoms with Gasteiger partial charge < -0.3 is 5.32 Å². The Morgan fingerprint density at radius 1 is 0.939 bits per heavy atom. The molecule has 0 spiro atoms. The molecule has 1 aliphatic heterocycles. The van der Waals surface area contributed by atoms with Crippen LogP contribution >= 0.6 is 0 Å². The van der Waals surface area contributed by atoms with Crippen molar-refractivity contribution >= 4 is 21.6 Å². The molecule has 1 fully saturated rings. The van der Waals surface area contributed by atoms with Crippen LogP contribution in [0.4, 0.5) is 36.4 Å². The summed E-state index contributed by atoms with van der Waals surface area (Å²) in [6.45, 7) is -0.290. The number of hydrogen-bond acceptors (Lipinski definition) is 3. The maximum absolute atomic E-state index is 13.1. The minimum absolute atomic E-state index is 0.0469. The second-order valence-electron chi connectivity index (χ2n) is 7.44. The van der Waals surface area contributed by atoms with Crippen LogP contribution in [-0.4, -0.2) is 31.7 Å². The number of halogens is 7. The van der Waals surface area contributed by atoms with Gasteiger partial charge in [0.2, 0.25) is 15.9 Å². The predicted octanol–water partition coefficient (Wildman–Crippen LogP) is 4.90. The highest BCUT2D eigenvalue weighted by Gasteiger charge is 2.38. The fourth-order valence-electron chi connectivity index (χ4n) is 3.40. The maximum Gasteiger partial charge on any atom is 0.416 e. The molecule has 1 saturated heterocycles. The van der Waals surface area contributed by atoms with Crippen LogP contribution in [0.1, 0.15) is 24.0 Å². The number of hydrogen-bond donors (Lipinski definition) is 1. The van der Waals surface area contributed by atoms with E-state index in [0.29, 0.717) is 12.1 Å². The zero-order valence-electron chi connectivity index (χ0n) is 16.7. The van der Waals surface area contributed by atoms with E-state index in [9.17, 15) is 43.9 Å². The molecule has 0 aliphatic carbocycles. The van der Waals surface area contributed by atoms with Gasteiger partial charge in [0, 0.05) is 18.8 Å². The molecule has 1 atom stereocenters. The van der Waals surface area contributed by atoms with Crippen LogP contribution in [0.5, 0.6) is 0 Å². The first-order valence-electron chi connectivity index (χ1n) is 9.54. The highest BCUT2D eigenvalue weighted by molar-refractivity contribution is 7.89. The Morgan fingerprint density at radius 2 is 1.48 bits per heavy atom. The second-order valence-corrected chi connectivity index (χ2v) is 9.38. The standard InChI is InChI=1S/C20H17F7N2O3S/c21-15-3-5-17(6-4-15)33(31,32)29-7-1-2-12(11-29)18(30)28-16-9-13(19(22,23)24)8-14(10-16)20(25,26)27/h3-6,8-10,12H,1-2,7,11H2,(H,28,30)/t12-/m0/s1. The molecule has 2 aromatic rings. The number of amides is 1. The van der Waals surface area contributed by atoms with E-state index in [4.69, 9.17) is 0 Å². The van der Waals surface area contributed by atoms with Crippen molar-refractivity contribution in [2.75, 3.05) is 18.4 Å². The SMILES string of the molecule is O=C(Nc1cc(C(F)(F)F)cc(C(F)(F)F)c1)[C@H]1CCCN(S(=O)(=O)c2ccc(F)cc2)C1. The average Bonchev–Trinajstić information content (AvgIpc) is 2.72. The summed E-state index contributed by atoms with van der Waals surface area (Å²) < 4.78 is 118. The van der Waals surface area contributed by atoms with E-state index in [0.717, 1.165) is 28.6 Å². The normalized spacial score (nSPS) is 18.2. The van der Waals surface area contributed by atoms with Crippen LogP contribution in [0.3, 0.4) is 0 Å². The molecule has 0 bridgehead atoms.